The van der Waals surface area contributed by atoms with Gasteiger partial charge in [0.2, 0.25) is 0 Å². The normalized spacial score (nSPS) is 10.7. The van der Waals surface area contributed by atoms with E-state index in [-0.39, 0.29) is 11.4 Å². The number of carbonyl (C=O) groups excluding carboxylic acids is 1. The van der Waals surface area contributed by atoms with Crippen LogP contribution in [0.25, 0.3) is 0 Å². The van der Waals surface area contributed by atoms with Gasteiger partial charge in [-0.1, -0.05) is 5.16 Å². The zero-order valence-electron chi connectivity index (χ0n) is 10.8. The van der Waals surface area contributed by atoms with Gasteiger partial charge in [-0.25, -0.2) is 10.1 Å². The number of hydrazone groups is 1. The Bertz CT molecular complexity index is 651. The van der Waals surface area contributed by atoms with Crippen LogP contribution in [0.3, 0.4) is 0 Å². The number of hydrogen-bond acceptors (Lipinski definition) is 7. The number of benzene rings is 1. The fourth-order valence-electron chi connectivity index (χ4n) is 1.43. The number of nitrogens with zero attached hydrogens (tertiary/aromatic N) is 3. The van der Waals surface area contributed by atoms with E-state index >= 15 is 0 Å². The van der Waals surface area contributed by atoms with Crippen molar-refractivity contribution >= 4 is 12.1 Å². The van der Waals surface area contributed by atoms with Gasteiger partial charge in [-0.3, -0.25) is 4.79 Å². The highest BCUT2D eigenvalue weighted by Gasteiger charge is 2.13. The maximum Gasteiger partial charge on any atom is 0.295 e. The summed E-state index contributed by atoms with van der Waals surface area (Å²) in [7, 11) is 1.44. The van der Waals surface area contributed by atoms with Gasteiger partial charge in [0, 0.05) is 0 Å². The summed E-state index contributed by atoms with van der Waals surface area (Å²) in [5.74, 6) is -0.180. The van der Waals surface area contributed by atoms with Crippen molar-refractivity contribution in [1.29, 1.82) is 0 Å². The summed E-state index contributed by atoms with van der Waals surface area (Å²) >= 11 is 0. The predicted octanol–water partition coefficient (Wildman–Crippen LogP) is 0.856. The van der Waals surface area contributed by atoms with E-state index in [1.165, 1.54) is 19.4 Å². The van der Waals surface area contributed by atoms with Crippen LogP contribution in [-0.4, -0.2) is 34.7 Å². The number of phenols is 1. The number of carbonyl (C=O) groups is 1. The summed E-state index contributed by atoms with van der Waals surface area (Å²) in [6, 6.07) is 4.66. The smallest absolute Gasteiger partial charge is 0.295 e. The number of ether oxygens (including phenoxy) is 1. The lowest BCUT2D eigenvalue weighted by Gasteiger charge is -2.03. The number of aromatic nitrogens is 2. The number of amides is 1. The highest BCUT2D eigenvalue weighted by Crippen LogP contribution is 2.25. The Morgan fingerprint density at radius 1 is 1.50 bits per heavy atom. The Hall–Kier alpha value is -2.90. The zero-order valence-corrected chi connectivity index (χ0v) is 10.8. The molecule has 0 bridgehead atoms. The van der Waals surface area contributed by atoms with Gasteiger partial charge in [-0.05, 0) is 35.8 Å². The van der Waals surface area contributed by atoms with Crippen molar-refractivity contribution < 1.29 is 19.3 Å². The monoisotopic (exact) mass is 276 g/mol. The molecule has 0 saturated carbocycles. The van der Waals surface area contributed by atoms with Gasteiger partial charge in [-0.2, -0.15) is 5.10 Å². The largest absolute Gasteiger partial charge is 0.504 e. The third-order valence-electron chi connectivity index (χ3n) is 2.45. The van der Waals surface area contributed by atoms with Crippen molar-refractivity contribution in [3.63, 3.8) is 0 Å². The lowest BCUT2D eigenvalue weighted by Crippen LogP contribution is -2.19. The van der Waals surface area contributed by atoms with Gasteiger partial charge in [0.1, 0.15) is 5.69 Å². The molecule has 0 saturated heterocycles. The lowest BCUT2D eigenvalue weighted by molar-refractivity contribution is 0.0945. The Labute approximate surface area is 114 Å². The first kappa shape index (κ1) is 13.5. The van der Waals surface area contributed by atoms with Crippen LogP contribution in [-0.2, 0) is 0 Å². The van der Waals surface area contributed by atoms with Gasteiger partial charge >= 0.3 is 0 Å². The zero-order chi connectivity index (χ0) is 14.5. The van der Waals surface area contributed by atoms with E-state index in [0.717, 1.165) is 0 Å². The summed E-state index contributed by atoms with van der Waals surface area (Å²) < 4.78 is 9.38. The average molecular weight is 276 g/mol. The summed E-state index contributed by atoms with van der Waals surface area (Å²) in [5, 5.41) is 20.2. The van der Waals surface area contributed by atoms with E-state index in [1.807, 2.05) is 0 Å². The molecule has 0 aliphatic heterocycles. The van der Waals surface area contributed by atoms with E-state index in [1.54, 1.807) is 19.1 Å². The molecule has 0 atom stereocenters. The molecule has 2 N–H and O–H groups in total. The maximum atomic E-state index is 11.6. The SMILES string of the molecule is COc1cc(/C=N/NC(=O)c2nonc2C)ccc1O. The lowest BCUT2D eigenvalue weighted by atomic mass is 10.2. The van der Waals surface area contributed by atoms with Gasteiger partial charge in [0.25, 0.3) is 5.91 Å². The Morgan fingerprint density at radius 3 is 2.95 bits per heavy atom. The van der Waals surface area contributed by atoms with E-state index in [4.69, 9.17) is 4.74 Å². The van der Waals surface area contributed by atoms with Gasteiger partial charge in [-0.15, -0.1) is 0 Å². The molecule has 0 radical (unpaired) electrons. The van der Waals surface area contributed by atoms with Gasteiger partial charge in [0.05, 0.1) is 13.3 Å². The number of nitrogens with one attached hydrogen (secondary N) is 1. The van der Waals surface area contributed by atoms with Crippen molar-refractivity contribution in [2.24, 2.45) is 5.10 Å². The van der Waals surface area contributed by atoms with Gasteiger partial charge in [0.15, 0.2) is 17.2 Å². The molecule has 8 nitrogen and oxygen atoms in total. The second-order valence-electron chi connectivity index (χ2n) is 3.83. The van der Waals surface area contributed by atoms with E-state index in [0.29, 0.717) is 17.0 Å². The second-order valence-corrected chi connectivity index (χ2v) is 3.83. The molecule has 104 valence electrons. The van der Waals surface area contributed by atoms with E-state index in [2.05, 4.69) is 25.5 Å². The molecule has 1 heterocycles. The number of aryl methyl sites for hydroxylation is 1. The Morgan fingerprint density at radius 2 is 2.30 bits per heavy atom. The van der Waals surface area contributed by atoms with Crippen molar-refractivity contribution in [1.82, 2.24) is 15.7 Å². The molecule has 1 aromatic heterocycles. The minimum absolute atomic E-state index is 0.0259. The van der Waals surface area contributed by atoms with Crippen LogP contribution in [0.4, 0.5) is 0 Å². The minimum Gasteiger partial charge on any atom is -0.504 e. The number of rotatable bonds is 4. The number of methoxy groups -OCH3 is 1. The summed E-state index contributed by atoms with van der Waals surface area (Å²) in [5.41, 5.74) is 3.39. The van der Waals surface area contributed by atoms with Crippen LogP contribution < -0.4 is 10.2 Å². The number of aromatic hydroxyl groups is 1. The third-order valence-corrected chi connectivity index (χ3v) is 2.45. The Kier molecular flexibility index (Phi) is 3.94. The standard InChI is InChI=1S/C12H12N4O4/c1-7-11(16-20-15-7)12(18)14-13-6-8-3-4-9(17)10(5-8)19-2/h3-6,17H,1-2H3,(H,14,18)/b13-6+. The molecule has 1 aromatic carbocycles. The highest BCUT2D eigenvalue weighted by molar-refractivity contribution is 5.93. The summed E-state index contributed by atoms with van der Waals surface area (Å²) in [4.78, 5) is 11.6. The molecule has 0 unspecified atom stereocenters. The van der Waals surface area contributed by atoms with Crippen LogP contribution in [0.15, 0.2) is 27.9 Å². The quantitative estimate of drug-likeness (QED) is 0.633. The maximum absolute atomic E-state index is 11.6. The second kappa shape index (κ2) is 5.83. The van der Waals surface area contributed by atoms with E-state index < -0.39 is 5.91 Å². The molecule has 0 aliphatic carbocycles. The van der Waals surface area contributed by atoms with Gasteiger partial charge < -0.3 is 9.84 Å². The molecule has 0 fully saturated rings. The van der Waals surface area contributed by atoms with Crippen molar-refractivity contribution in [2.75, 3.05) is 7.11 Å². The third kappa shape index (κ3) is 2.91. The first-order valence-electron chi connectivity index (χ1n) is 5.61. The molecule has 1 amide bonds. The van der Waals surface area contributed by atoms with Crippen LogP contribution in [0.2, 0.25) is 0 Å². The fourth-order valence-corrected chi connectivity index (χ4v) is 1.43. The highest BCUT2D eigenvalue weighted by atomic mass is 16.6. The molecule has 0 aliphatic rings. The van der Waals surface area contributed by atoms with Crippen molar-refractivity contribution in [3.05, 3.63) is 35.2 Å². The topological polar surface area (TPSA) is 110 Å². The first-order valence-corrected chi connectivity index (χ1v) is 5.61. The minimum atomic E-state index is -0.522. The number of hydrogen-bond donors (Lipinski definition) is 2. The predicted molar refractivity (Wildman–Crippen MR) is 68.8 cm³/mol. The van der Waals surface area contributed by atoms with E-state index in [9.17, 15) is 9.90 Å². The molecular weight excluding hydrogens is 264 g/mol. The summed E-state index contributed by atoms with van der Waals surface area (Å²) in [6.45, 7) is 1.60. The fraction of sp³-hybridized carbons (Fsp3) is 0.167. The molecule has 0 spiro atoms. The first-order chi connectivity index (χ1) is 9.61. The number of phenolic OH excluding ortho intramolecular Hbond substituents is 1. The van der Waals surface area contributed by atoms with Crippen LogP contribution in [0.1, 0.15) is 21.7 Å². The van der Waals surface area contributed by atoms with Crippen LogP contribution in [0, 0.1) is 6.92 Å². The molecule has 8 heteroatoms. The van der Waals surface area contributed by atoms with Crippen LogP contribution >= 0.6 is 0 Å². The summed E-state index contributed by atoms with van der Waals surface area (Å²) in [6.07, 6.45) is 1.41. The van der Waals surface area contributed by atoms with Crippen molar-refractivity contribution in [2.45, 2.75) is 6.92 Å². The molecular formula is C12H12N4O4. The Balaban J connectivity index is 2.04. The van der Waals surface area contributed by atoms with Crippen molar-refractivity contribution in [3.8, 4) is 11.5 Å². The molecule has 2 rings (SSSR count). The molecule has 2 aromatic rings. The molecule has 20 heavy (non-hydrogen) atoms. The van der Waals surface area contributed by atoms with Crippen LogP contribution in [0.5, 0.6) is 11.5 Å². The average Bonchev–Trinajstić information content (AvgIpc) is 2.87.